The molecule has 1 aromatic carbocycles. The first kappa shape index (κ1) is 27.1. The topological polar surface area (TPSA) is 82.7 Å². The average molecular weight is 461 g/mol. The van der Waals surface area contributed by atoms with Gasteiger partial charge in [-0.15, -0.1) is 0 Å². The highest BCUT2D eigenvalue weighted by molar-refractivity contribution is 5.77. The van der Waals surface area contributed by atoms with Crippen LogP contribution in [0.1, 0.15) is 56.9 Å². The van der Waals surface area contributed by atoms with Crippen LogP contribution in [0, 0.1) is 5.92 Å². The Morgan fingerprint density at radius 1 is 1.18 bits per heavy atom. The first-order valence-electron chi connectivity index (χ1n) is 12.5. The summed E-state index contributed by atoms with van der Waals surface area (Å²) in [6.07, 6.45) is 10.5. The Morgan fingerprint density at radius 3 is 2.67 bits per heavy atom. The molecule has 0 bridgehead atoms. The van der Waals surface area contributed by atoms with Crippen molar-refractivity contribution in [2.45, 2.75) is 63.8 Å². The van der Waals surface area contributed by atoms with Gasteiger partial charge in [0.15, 0.2) is 0 Å². The number of anilines is 2. The number of amides is 1. The second-order valence-corrected chi connectivity index (χ2v) is 9.21. The number of carbonyl (C=O) groups excluding carboxylic acids is 2. The fourth-order valence-electron chi connectivity index (χ4n) is 4.47. The van der Waals surface area contributed by atoms with Gasteiger partial charge in [0.05, 0.1) is 24.0 Å². The molecule has 7 heteroatoms. The molecule has 2 rings (SSSR count). The van der Waals surface area contributed by atoms with Crippen LogP contribution in [0.25, 0.3) is 0 Å². The van der Waals surface area contributed by atoms with E-state index in [0.29, 0.717) is 12.8 Å². The summed E-state index contributed by atoms with van der Waals surface area (Å²) in [5.41, 5.74) is 3.05. The molecular formula is C26H44N4O3. The maximum absolute atomic E-state index is 11.5. The lowest BCUT2D eigenvalue weighted by molar-refractivity contribution is -0.120. The van der Waals surface area contributed by atoms with Crippen molar-refractivity contribution >= 4 is 23.6 Å². The molecule has 1 unspecified atom stereocenters. The van der Waals surface area contributed by atoms with Crippen molar-refractivity contribution in [3.05, 3.63) is 23.8 Å². The third-order valence-electron chi connectivity index (χ3n) is 6.49. The zero-order valence-corrected chi connectivity index (χ0v) is 20.8. The van der Waals surface area contributed by atoms with Crippen LogP contribution in [0.4, 0.5) is 11.4 Å². The summed E-state index contributed by atoms with van der Waals surface area (Å²) >= 11 is 0. The van der Waals surface area contributed by atoms with Gasteiger partial charge in [-0.2, -0.15) is 0 Å². The zero-order valence-electron chi connectivity index (χ0n) is 20.8. The number of hydrogen-bond acceptors (Lipinski definition) is 6. The molecule has 33 heavy (non-hydrogen) atoms. The van der Waals surface area contributed by atoms with Crippen molar-refractivity contribution in [1.29, 1.82) is 0 Å². The second-order valence-electron chi connectivity index (χ2n) is 9.21. The Hall–Kier alpha value is -2.12. The molecule has 1 amide bonds. The fourth-order valence-corrected chi connectivity index (χ4v) is 4.47. The molecule has 186 valence electrons. The quantitative estimate of drug-likeness (QED) is 0.258. The van der Waals surface area contributed by atoms with Crippen LogP contribution in [0.15, 0.2) is 18.2 Å². The van der Waals surface area contributed by atoms with E-state index in [0.717, 1.165) is 56.2 Å². The highest BCUT2D eigenvalue weighted by atomic mass is 16.5. The van der Waals surface area contributed by atoms with Gasteiger partial charge in [-0.05, 0) is 62.8 Å². The summed E-state index contributed by atoms with van der Waals surface area (Å²) in [5.74, 6) is 0.811. The summed E-state index contributed by atoms with van der Waals surface area (Å²) in [4.78, 5) is 25.3. The van der Waals surface area contributed by atoms with Gasteiger partial charge in [-0.25, -0.2) is 0 Å². The predicted octanol–water partition coefficient (Wildman–Crippen LogP) is 3.70. The smallest absolute Gasteiger partial charge is 0.219 e. The van der Waals surface area contributed by atoms with E-state index in [4.69, 9.17) is 4.74 Å². The molecule has 3 N–H and O–H groups in total. The first-order chi connectivity index (χ1) is 16.0. The Kier molecular flexibility index (Phi) is 12.9. The van der Waals surface area contributed by atoms with Crippen LogP contribution < -0.4 is 16.0 Å². The van der Waals surface area contributed by atoms with Crippen LogP contribution in [0.3, 0.4) is 0 Å². The number of likely N-dealkylation sites (N-methyl/N-ethyl adjacent to an activating group) is 1. The minimum atomic E-state index is -0.398. The number of aryl methyl sites for hydroxylation is 1. The van der Waals surface area contributed by atoms with Gasteiger partial charge in [0.2, 0.25) is 5.91 Å². The van der Waals surface area contributed by atoms with Crippen molar-refractivity contribution in [3.8, 4) is 0 Å². The number of carbonyl (C=O) groups is 2. The van der Waals surface area contributed by atoms with Crippen LogP contribution in [-0.2, 0) is 20.7 Å². The maximum atomic E-state index is 11.5. The van der Waals surface area contributed by atoms with Crippen molar-refractivity contribution in [1.82, 2.24) is 10.2 Å². The number of ether oxygens (including phenoxy) is 1. The molecular weight excluding hydrogens is 416 g/mol. The Morgan fingerprint density at radius 2 is 1.97 bits per heavy atom. The molecule has 7 nitrogen and oxygen atoms in total. The van der Waals surface area contributed by atoms with Crippen molar-refractivity contribution in [3.63, 3.8) is 0 Å². The van der Waals surface area contributed by atoms with Crippen LogP contribution in [0.2, 0.25) is 0 Å². The number of benzene rings is 1. The highest BCUT2D eigenvalue weighted by Crippen LogP contribution is 2.25. The number of rotatable bonds is 16. The molecule has 1 aromatic rings. The molecule has 1 fully saturated rings. The monoisotopic (exact) mass is 460 g/mol. The molecule has 1 aliphatic rings. The van der Waals surface area contributed by atoms with Crippen molar-refractivity contribution < 1.29 is 14.3 Å². The lowest BCUT2D eigenvalue weighted by Crippen LogP contribution is -2.30. The van der Waals surface area contributed by atoms with E-state index in [-0.39, 0.29) is 5.91 Å². The molecule has 0 heterocycles. The predicted molar refractivity (Wildman–Crippen MR) is 136 cm³/mol. The Labute approximate surface area is 200 Å². The molecule has 1 saturated carbocycles. The summed E-state index contributed by atoms with van der Waals surface area (Å²) in [7, 11) is 5.68. The first-order valence-corrected chi connectivity index (χ1v) is 12.5. The van der Waals surface area contributed by atoms with Crippen LogP contribution in [-0.4, -0.2) is 70.6 Å². The molecule has 0 aromatic heterocycles. The Bertz CT molecular complexity index is 707. The standard InChI is InChI=1S/C26H44N4O3/c1-27-25-18-21(11-13-24(25)29-23(20-31)12-14-26(32)28-2)10-7-16-33-17-15-30(3)19-22-8-5-4-6-9-22/h11,13,18,20,22-23,27,29H,4-10,12,14-17,19H2,1-3H3,(H,28,32). The fraction of sp³-hybridized carbons (Fsp3) is 0.692. The molecule has 0 radical (unpaired) electrons. The average Bonchev–Trinajstić information content (AvgIpc) is 2.84. The lowest BCUT2D eigenvalue weighted by atomic mass is 9.89. The third kappa shape index (κ3) is 10.6. The van der Waals surface area contributed by atoms with E-state index in [1.165, 1.54) is 44.2 Å². The number of nitrogens with one attached hydrogen (secondary N) is 3. The van der Waals surface area contributed by atoms with Crippen molar-refractivity contribution in [2.24, 2.45) is 5.92 Å². The number of hydrogen-bond donors (Lipinski definition) is 3. The minimum Gasteiger partial charge on any atom is -0.386 e. The van der Waals surface area contributed by atoms with Crippen LogP contribution >= 0.6 is 0 Å². The Balaban J connectivity index is 1.67. The van der Waals surface area contributed by atoms with Gasteiger partial charge in [-0.1, -0.05) is 25.3 Å². The van der Waals surface area contributed by atoms with Gasteiger partial charge in [-0.3, -0.25) is 4.79 Å². The maximum Gasteiger partial charge on any atom is 0.219 e. The van der Waals surface area contributed by atoms with Gasteiger partial charge < -0.3 is 30.4 Å². The van der Waals surface area contributed by atoms with Gasteiger partial charge in [0.1, 0.15) is 6.29 Å². The van der Waals surface area contributed by atoms with E-state index >= 15 is 0 Å². The molecule has 0 spiro atoms. The second kappa shape index (κ2) is 15.7. The highest BCUT2D eigenvalue weighted by Gasteiger charge is 2.15. The molecule has 1 aliphatic carbocycles. The molecule has 0 aliphatic heterocycles. The zero-order chi connectivity index (χ0) is 23.9. The summed E-state index contributed by atoms with van der Waals surface area (Å²) in [6, 6.07) is 5.80. The van der Waals surface area contributed by atoms with Gasteiger partial charge in [0, 0.05) is 40.2 Å². The van der Waals surface area contributed by atoms with Gasteiger partial charge in [0.25, 0.3) is 0 Å². The van der Waals surface area contributed by atoms with E-state index in [9.17, 15) is 9.59 Å². The SMILES string of the molecule is CNC(=O)CCC(C=O)Nc1ccc(CCCOCCN(C)CC2CCCCC2)cc1NC. The van der Waals surface area contributed by atoms with Crippen LogP contribution in [0.5, 0.6) is 0 Å². The molecule has 1 atom stereocenters. The number of nitrogens with zero attached hydrogens (tertiary/aromatic N) is 1. The largest absolute Gasteiger partial charge is 0.386 e. The number of aldehydes is 1. The minimum absolute atomic E-state index is 0.0640. The van der Waals surface area contributed by atoms with Gasteiger partial charge >= 0.3 is 0 Å². The van der Waals surface area contributed by atoms with E-state index in [2.05, 4.69) is 40.0 Å². The summed E-state index contributed by atoms with van der Waals surface area (Å²) in [6.45, 7) is 3.75. The normalized spacial score (nSPS) is 15.3. The van der Waals surface area contributed by atoms with E-state index < -0.39 is 6.04 Å². The van der Waals surface area contributed by atoms with E-state index in [1.807, 2.05) is 13.1 Å². The molecule has 0 saturated heterocycles. The van der Waals surface area contributed by atoms with E-state index in [1.54, 1.807) is 7.05 Å². The summed E-state index contributed by atoms with van der Waals surface area (Å²) < 4.78 is 5.88. The third-order valence-corrected chi connectivity index (χ3v) is 6.49. The summed E-state index contributed by atoms with van der Waals surface area (Å²) in [5, 5.41) is 9.03. The van der Waals surface area contributed by atoms with Crippen molar-refractivity contribution in [2.75, 3.05) is 58.1 Å². The lowest BCUT2D eigenvalue weighted by Gasteiger charge is -2.26.